The van der Waals surface area contributed by atoms with Gasteiger partial charge in [-0.3, -0.25) is 4.79 Å². The number of alkyl halides is 3. The third-order valence-electron chi connectivity index (χ3n) is 3.55. The van der Waals surface area contributed by atoms with Gasteiger partial charge >= 0.3 is 6.18 Å². The lowest BCUT2D eigenvalue weighted by atomic mass is 10.1. The van der Waals surface area contributed by atoms with Gasteiger partial charge in [-0.2, -0.15) is 13.2 Å². The molecule has 0 aliphatic heterocycles. The number of amides is 1. The first-order valence-electron chi connectivity index (χ1n) is 7.07. The second kappa shape index (κ2) is 6.27. The molecular formula is C17H13F3N2O2. The summed E-state index contributed by atoms with van der Waals surface area (Å²) in [5, 5.41) is 3.36. The highest BCUT2D eigenvalue weighted by atomic mass is 19.4. The standard InChI is InChI=1S/C17H13F3N2O2/c18-17(19,20)12-3-1-11(2-4-12)9-24-13-5-6-15-14(7-13)16(8-21-15)22-10-23/h1-8,10,21H,9H2,(H,22,23). The average molecular weight is 334 g/mol. The van der Waals surface area contributed by atoms with E-state index in [-0.39, 0.29) is 6.61 Å². The van der Waals surface area contributed by atoms with E-state index in [9.17, 15) is 18.0 Å². The summed E-state index contributed by atoms with van der Waals surface area (Å²) in [5.74, 6) is 0.552. The molecule has 1 amide bonds. The Kier molecular flexibility index (Phi) is 4.16. The van der Waals surface area contributed by atoms with E-state index in [2.05, 4.69) is 10.3 Å². The lowest BCUT2D eigenvalue weighted by Crippen LogP contribution is -2.05. The molecule has 3 rings (SSSR count). The number of halogens is 3. The number of hydrogen-bond acceptors (Lipinski definition) is 2. The van der Waals surface area contributed by atoms with Crippen molar-refractivity contribution in [3.05, 3.63) is 59.8 Å². The molecule has 0 unspecified atom stereocenters. The number of anilines is 1. The van der Waals surface area contributed by atoms with Gasteiger partial charge in [0, 0.05) is 17.1 Å². The summed E-state index contributed by atoms with van der Waals surface area (Å²) in [6.07, 6.45) is -2.10. The molecule has 0 aliphatic carbocycles. The number of H-pyrrole nitrogens is 1. The Morgan fingerprint density at radius 3 is 2.54 bits per heavy atom. The molecule has 0 saturated carbocycles. The zero-order valence-corrected chi connectivity index (χ0v) is 12.4. The first-order chi connectivity index (χ1) is 11.5. The van der Waals surface area contributed by atoms with Gasteiger partial charge in [0.25, 0.3) is 0 Å². The predicted molar refractivity (Wildman–Crippen MR) is 83.8 cm³/mol. The number of carbonyl (C=O) groups excluding carboxylic acids is 1. The van der Waals surface area contributed by atoms with Gasteiger partial charge in [0.05, 0.1) is 11.3 Å². The van der Waals surface area contributed by atoms with Crippen molar-refractivity contribution in [1.82, 2.24) is 4.98 Å². The normalized spacial score (nSPS) is 11.5. The first-order valence-corrected chi connectivity index (χ1v) is 7.07. The number of ether oxygens (including phenoxy) is 1. The Bertz CT molecular complexity index is 854. The lowest BCUT2D eigenvalue weighted by Gasteiger charge is -2.09. The molecule has 2 aromatic carbocycles. The van der Waals surface area contributed by atoms with Gasteiger partial charge in [0.1, 0.15) is 12.4 Å². The van der Waals surface area contributed by atoms with Crippen LogP contribution in [0.5, 0.6) is 5.75 Å². The fraction of sp³-hybridized carbons (Fsp3) is 0.118. The molecule has 0 spiro atoms. The molecule has 0 fully saturated rings. The van der Waals surface area contributed by atoms with Gasteiger partial charge < -0.3 is 15.0 Å². The Labute approximate surface area is 135 Å². The Hall–Kier alpha value is -2.96. The maximum absolute atomic E-state index is 12.5. The number of nitrogens with one attached hydrogen (secondary N) is 2. The molecule has 0 bridgehead atoms. The highest BCUT2D eigenvalue weighted by molar-refractivity contribution is 5.97. The fourth-order valence-electron chi connectivity index (χ4n) is 2.33. The van der Waals surface area contributed by atoms with Crippen LogP contribution in [0.25, 0.3) is 10.9 Å². The van der Waals surface area contributed by atoms with Crippen LogP contribution in [0, 0.1) is 0 Å². The van der Waals surface area contributed by atoms with Gasteiger partial charge in [-0.05, 0) is 35.9 Å². The minimum atomic E-state index is -4.35. The minimum Gasteiger partial charge on any atom is -0.489 e. The topological polar surface area (TPSA) is 54.1 Å². The smallest absolute Gasteiger partial charge is 0.416 e. The minimum absolute atomic E-state index is 0.143. The lowest BCUT2D eigenvalue weighted by molar-refractivity contribution is -0.137. The second-order valence-electron chi connectivity index (χ2n) is 5.16. The molecule has 7 heteroatoms. The highest BCUT2D eigenvalue weighted by Gasteiger charge is 2.29. The molecule has 0 atom stereocenters. The molecule has 3 aromatic rings. The summed E-state index contributed by atoms with van der Waals surface area (Å²) in [5.41, 5.74) is 1.40. The molecule has 0 saturated heterocycles. The van der Waals surface area contributed by atoms with Crippen molar-refractivity contribution in [2.45, 2.75) is 12.8 Å². The highest BCUT2D eigenvalue weighted by Crippen LogP contribution is 2.30. The third-order valence-corrected chi connectivity index (χ3v) is 3.55. The van der Waals surface area contributed by atoms with Crippen LogP contribution in [0.2, 0.25) is 0 Å². The van der Waals surface area contributed by atoms with E-state index in [4.69, 9.17) is 4.74 Å². The van der Waals surface area contributed by atoms with Crippen molar-refractivity contribution in [2.75, 3.05) is 5.32 Å². The van der Waals surface area contributed by atoms with Crippen LogP contribution < -0.4 is 10.1 Å². The first kappa shape index (κ1) is 15.9. The van der Waals surface area contributed by atoms with Crippen molar-refractivity contribution >= 4 is 23.0 Å². The van der Waals surface area contributed by atoms with E-state index in [1.165, 1.54) is 12.1 Å². The molecule has 2 N–H and O–H groups in total. The van der Waals surface area contributed by atoms with Crippen LogP contribution in [0.3, 0.4) is 0 Å². The number of carbonyl (C=O) groups is 1. The largest absolute Gasteiger partial charge is 0.489 e. The third kappa shape index (κ3) is 3.34. The van der Waals surface area contributed by atoms with E-state index in [1.807, 2.05) is 0 Å². The van der Waals surface area contributed by atoms with Crippen molar-refractivity contribution in [2.24, 2.45) is 0 Å². The van der Waals surface area contributed by atoms with Crippen LogP contribution in [0.4, 0.5) is 18.9 Å². The summed E-state index contributed by atoms with van der Waals surface area (Å²) in [6.45, 7) is 0.143. The van der Waals surface area contributed by atoms with Gasteiger partial charge in [0.2, 0.25) is 6.41 Å². The van der Waals surface area contributed by atoms with E-state index < -0.39 is 11.7 Å². The quantitative estimate of drug-likeness (QED) is 0.682. The SMILES string of the molecule is O=CNc1c[nH]c2ccc(OCc3ccc(C(F)(F)F)cc3)cc12. The van der Waals surface area contributed by atoms with Crippen molar-refractivity contribution < 1.29 is 22.7 Å². The Balaban J connectivity index is 1.73. The van der Waals surface area contributed by atoms with E-state index in [0.717, 1.165) is 23.0 Å². The molecular weight excluding hydrogens is 321 g/mol. The number of aromatic nitrogens is 1. The number of hydrogen-bond donors (Lipinski definition) is 2. The summed E-state index contributed by atoms with van der Waals surface area (Å²) in [6, 6.07) is 10.1. The van der Waals surface area contributed by atoms with Gasteiger partial charge in [-0.15, -0.1) is 0 Å². The van der Waals surface area contributed by atoms with Crippen LogP contribution in [0.15, 0.2) is 48.7 Å². The molecule has 4 nitrogen and oxygen atoms in total. The van der Waals surface area contributed by atoms with Crippen LogP contribution in [0.1, 0.15) is 11.1 Å². The maximum atomic E-state index is 12.5. The number of rotatable bonds is 5. The van der Waals surface area contributed by atoms with Crippen molar-refractivity contribution in [3.8, 4) is 5.75 Å². The fourth-order valence-corrected chi connectivity index (χ4v) is 2.33. The zero-order chi connectivity index (χ0) is 17.2. The van der Waals surface area contributed by atoms with E-state index >= 15 is 0 Å². The van der Waals surface area contributed by atoms with E-state index in [1.54, 1.807) is 24.4 Å². The van der Waals surface area contributed by atoms with E-state index in [0.29, 0.717) is 23.4 Å². The van der Waals surface area contributed by atoms with Gasteiger partial charge in [0.15, 0.2) is 0 Å². The summed E-state index contributed by atoms with van der Waals surface area (Å²) in [4.78, 5) is 13.6. The van der Waals surface area contributed by atoms with Crippen LogP contribution >= 0.6 is 0 Å². The summed E-state index contributed by atoms with van der Waals surface area (Å²) < 4.78 is 43.2. The monoisotopic (exact) mass is 334 g/mol. The predicted octanol–water partition coefficient (Wildman–Crippen LogP) is 4.33. The molecule has 1 aromatic heterocycles. The molecule has 24 heavy (non-hydrogen) atoms. The molecule has 0 aliphatic rings. The van der Waals surface area contributed by atoms with Gasteiger partial charge in [-0.1, -0.05) is 12.1 Å². The summed E-state index contributed by atoms with van der Waals surface area (Å²) >= 11 is 0. The average Bonchev–Trinajstić information content (AvgIpc) is 2.95. The number of benzene rings is 2. The number of aromatic amines is 1. The van der Waals surface area contributed by atoms with Crippen LogP contribution in [-0.4, -0.2) is 11.4 Å². The summed E-state index contributed by atoms with van der Waals surface area (Å²) in [7, 11) is 0. The van der Waals surface area contributed by atoms with Crippen LogP contribution in [-0.2, 0) is 17.6 Å². The molecule has 0 radical (unpaired) electrons. The van der Waals surface area contributed by atoms with Gasteiger partial charge in [-0.25, -0.2) is 0 Å². The van der Waals surface area contributed by atoms with Crippen molar-refractivity contribution in [1.29, 1.82) is 0 Å². The zero-order valence-electron chi connectivity index (χ0n) is 12.4. The number of fused-ring (bicyclic) bond motifs is 1. The second-order valence-corrected chi connectivity index (χ2v) is 5.16. The molecule has 124 valence electrons. The van der Waals surface area contributed by atoms with Crippen molar-refractivity contribution in [3.63, 3.8) is 0 Å². The Morgan fingerprint density at radius 2 is 1.88 bits per heavy atom. The molecule has 1 heterocycles. The maximum Gasteiger partial charge on any atom is 0.416 e. The Morgan fingerprint density at radius 1 is 1.12 bits per heavy atom.